The normalized spacial score (nSPS) is 11.1. The van der Waals surface area contributed by atoms with Crippen LogP contribution in [-0.4, -0.2) is 21.2 Å². The lowest BCUT2D eigenvalue weighted by molar-refractivity contribution is -0.113. The van der Waals surface area contributed by atoms with Gasteiger partial charge in [-0.3, -0.25) is 14.2 Å². The van der Waals surface area contributed by atoms with E-state index in [2.05, 4.69) is 10.3 Å². The predicted octanol–water partition coefficient (Wildman–Crippen LogP) is 5.19. The number of carbonyl (C=O) groups excluding carboxylic acids is 1. The van der Waals surface area contributed by atoms with Gasteiger partial charge in [0.15, 0.2) is 5.16 Å². The zero-order valence-corrected chi connectivity index (χ0v) is 18.6. The first kappa shape index (κ1) is 21.3. The molecule has 0 spiro atoms. The zero-order chi connectivity index (χ0) is 22.0. The molecule has 0 saturated carbocycles. The van der Waals surface area contributed by atoms with Gasteiger partial charge in [0.05, 0.1) is 17.0 Å². The Kier molecular flexibility index (Phi) is 6.20. The number of amides is 1. The van der Waals surface area contributed by atoms with Crippen LogP contribution in [-0.2, 0) is 11.2 Å². The van der Waals surface area contributed by atoms with Gasteiger partial charge in [-0.15, -0.1) is 11.3 Å². The molecule has 0 aliphatic heterocycles. The Morgan fingerprint density at radius 2 is 2.03 bits per heavy atom. The molecular formula is C23H20FN3O2S2. The molecule has 4 rings (SSSR count). The fourth-order valence-corrected chi connectivity index (χ4v) is 4.82. The minimum Gasteiger partial charge on any atom is -0.325 e. The van der Waals surface area contributed by atoms with E-state index in [9.17, 15) is 14.0 Å². The van der Waals surface area contributed by atoms with Crippen LogP contribution in [0, 0.1) is 12.7 Å². The van der Waals surface area contributed by atoms with Crippen LogP contribution in [0.3, 0.4) is 0 Å². The maximum absolute atomic E-state index is 13.8. The Morgan fingerprint density at radius 1 is 1.23 bits per heavy atom. The van der Waals surface area contributed by atoms with E-state index >= 15 is 0 Å². The fraction of sp³-hybridized carbons (Fsp3) is 0.174. The first-order valence-electron chi connectivity index (χ1n) is 9.75. The molecule has 2 aromatic heterocycles. The summed E-state index contributed by atoms with van der Waals surface area (Å²) < 4.78 is 15.8. The lowest BCUT2D eigenvalue weighted by Gasteiger charge is -2.13. The first-order valence-corrected chi connectivity index (χ1v) is 11.6. The van der Waals surface area contributed by atoms with Crippen molar-refractivity contribution in [2.75, 3.05) is 11.1 Å². The van der Waals surface area contributed by atoms with Crippen LogP contribution in [0.1, 0.15) is 18.1 Å². The predicted molar refractivity (Wildman–Crippen MR) is 125 cm³/mol. The maximum Gasteiger partial charge on any atom is 0.276 e. The van der Waals surface area contributed by atoms with Crippen molar-refractivity contribution >= 4 is 44.9 Å². The van der Waals surface area contributed by atoms with Gasteiger partial charge >= 0.3 is 0 Å². The van der Waals surface area contributed by atoms with E-state index in [0.717, 1.165) is 17.7 Å². The number of nitrogens with one attached hydrogen (secondary N) is 1. The molecule has 1 N–H and O–H groups in total. The van der Waals surface area contributed by atoms with Crippen molar-refractivity contribution in [1.29, 1.82) is 0 Å². The highest BCUT2D eigenvalue weighted by Gasteiger charge is 2.17. The largest absolute Gasteiger partial charge is 0.325 e. The number of carbonyl (C=O) groups is 1. The number of para-hydroxylation sites is 1. The van der Waals surface area contributed by atoms with Crippen LogP contribution >= 0.6 is 23.1 Å². The van der Waals surface area contributed by atoms with Crippen molar-refractivity contribution < 1.29 is 9.18 Å². The lowest BCUT2D eigenvalue weighted by Crippen LogP contribution is -2.22. The second-order valence-corrected chi connectivity index (χ2v) is 8.81. The van der Waals surface area contributed by atoms with Gasteiger partial charge in [0.1, 0.15) is 10.5 Å². The third kappa shape index (κ3) is 4.40. The molecule has 0 saturated heterocycles. The number of halogens is 1. The third-order valence-corrected chi connectivity index (χ3v) is 6.68. The number of aromatic nitrogens is 2. The van der Waals surface area contributed by atoms with Gasteiger partial charge in [-0.2, -0.15) is 0 Å². The maximum atomic E-state index is 13.8. The highest BCUT2D eigenvalue weighted by atomic mass is 32.2. The molecule has 4 aromatic rings. The number of rotatable bonds is 6. The Balaban J connectivity index is 1.66. The highest BCUT2D eigenvalue weighted by Crippen LogP contribution is 2.25. The summed E-state index contributed by atoms with van der Waals surface area (Å²) in [7, 11) is 0. The van der Waals surface area contributed by atoms with Crippen molar-refractivity contribution in [1.82, 2.24) is 9.55 Å². The standard InChI is InChI=1S/C23H20FN3O2S2/c1-3-15-6-4-5-7-18(15)25-20(28)13-31-23-26-19-10-11-30-21(19)22(29)27(23)16-8-9-17(24)14(2)12-16/h4-12H,3,13H2,1-2H3,(H,25,28). The molecule has 1 amide bonds. The average molecular weight is 454 g/mol. The van der Waals surface area contributed by atoms with E-state index < -0.39 is 0 Å². The summed E-state index contributed by atoms with van der Waals surface area (Å²) in [5, 5.41) is 5.13. The summed E-state index contributed by atoms with van der Waals surface area (Å²) in [6.07, 6.45) is 0.809. The van der Waals surface area contributed by atoms with Crippen LogP contribution in [0.5, 0.6) is 0 Å². The Morgan fingerprint density at radius 3 is 2.81 bits per heavy atom. The molecule has 0 aliphatic carbocycles. The Hall–Kier alpha value is -2.97. The van der Waals surface area contributed by atoms with Gasteiger partial charge in [-0.25, -0.2) is 9.37 Å². The number of fused-ring (bicyclic) bond motifs is 1. The number of aryl methyl sites for hydroxylation is 2. The molecule has 2 heterocycles. The van der Waals surface area contributed by atoms with Gasteiger partial charge < -0.3 is 5.32 Å². The fourth-order valence-electron chi connectivity index (χ4n) is 3.25. The number of hydrogen-bond acceptors (Lipinski definition) is 5. The molecule has 0 fully saturated rings. The summed E-state index contributed by atoms with van der Waals surface area (Å²) >= 11 is 2.49. The van der Waals surface area contributed by atoms with Crippen molar-refractivity contribution in [2.45, 2.75) is 25.4 Å². The van der Waals surface area contributed by atoms with Crippen LogP contribution in [0.15, 0.2) is 63.9 Å². The minimum absolute atomic E-state index is 0.0836. The van der Waals surface area contributed by atoms with Crippen molar-refractivity contribution in [2.24, 2.45) is 0 Å². The molecule has 0 bridgehead atoms. The van der Waals surface area contributed by atoms with Crippen LogP contribution in [0.4, 0.5) is 10.1 Å². The van der Waals surface area contributed by atoms with Gasteiger partial charge in [-0.05, 0) is 60.2 Å². The summed E-state index contributed by atoms with van der Waals surface area (Å²) in [6.45, 7) is 3.68. The topological polar surface area (TPSA) is 64.0 Å². The number of thioether (sulfide) groups is 1. The van der Waals surface area contributed by atoms with Crippen molar-refractivity contribution in [3.8, 4) is 5.69 Å². The first-order chi connectivity index (χ1) is 15.0. The van der Waals surface area contributed by atoms with Gasteiger partial charge in [0.2, 0.25) is 5.91 Å². The number of thiophene rings is 1. The molecule has 2 aromatic carbocycles. The zero-order valence-electron chi connectivity index (χ0n) is 17.0. The third-order valence-electron chi connectivity index (χ3n) is 4.85. The Bertz CT molecular complexity index is 1330. The van der Waals surface area contributed by atoms with E-state index in [0.29, 0.717) is 26.6 Å². The number of hydrogen-bond donors (Lipinski definition) is 1. The monoisotopic (exact) mass is 453 g/mol. The molecule has 0 atom stereocenters. The highest BCUT2D eigenvalue weighted by molar-refractivity contribution is 7.99. The molecule has 158 valence electrons. The molecule has 5 nitrogen and oxygen atoms in total. The average Bonchev–Trinajstić information content (AvgIpc) is 3.24. The smallest absolute Gasteiger partial charge is 0.276 e. The van der Waals surface area contributed by atoms with Crippen LogP contribution < -0.4 is 10.9 Å². The van der Waals surface area contributed by atoms with Gasteiger partial charge in [-0.1, -0.05) is 36.9 Å². The van der Waals surface area contributed by atoms with Crippen molar-refractivity contribution in [3.05, 3.63) is 81.2 Å². The van der Waals surface area contributed by atoms with Crippen LogP contribution in [0.2, 0.25) is 0 Å². The quantitative estimate of drug-likeness (QED) is 0.322. The molecular weight excluding hydrogens is 433 g/mol. The van der Waals surface area contributed by atoms with E-state index in [1.54, 1.807) is 25.1 Å². The Labute approximate surface area is 187 Å². The van der Waals surface area contributed by atoms with E-state index in [-0.39, 0.29) is 23.0 Å². The summed E-state index contributed by atoms with van der Waals surface area (Å²) in [4.78, 5) is 30.4. The van der Waals surface area contributed by atoms with E-state index in [1.165, 1.54) is 33.7 Å². The molecule has 0 radical (unpaired) electrons. The van der Waals surface area contributed by atoms with E-state index in [1.807, 2.05) is 36.6 Å². The number of benzene rings is 2. The molecule has 31 heavy (non-hydrogen) atoms. The van der Waals surface area contributed by atoms with Crippen molar-refractivity contribution in [3.63, 3.8) is 0 Å². The second kappa shape index (κ2) is 9.03. The van der Waals surface area contributed by atoms with Gasteiger partial charge in [0, 0.05) is 5.69 Å². The van der Waals surface area contributed by atoms with E-state index in [4.69, 9.17) is 0 Å². The second-order valence-electron chi connectivity index (χ2n) is 6.95. The molecule has 0 unspecified atom stereocenters. The minimum atomic E-state index is -0.342. The molecule has 0 aliphatic rings. The summed E-state index contributed by atoms with van der Waals surface area (Å²) in [6, 6.07) is 13.9. The number of anilines is 1. The SMILES string of the molecule is CCc1ccccc1NC(=O)CSc1nc2ccsc2c(=O)n1-c1ccc(F)c(C)c1. The summed E-state index contributed by atoms with van der Waals surface area (Å²) in [5.74, 6) is -0.446. The lowest BCUT2D eigenvalue weighted by atomic mass is 10.1. The molecule has 8 heteroatoms. The van der Waals surface area contributed by atoms with Gasteiger partial charge in [0.25, 0.3) is 5.56 Å². The summed E-state index contributed by atoms with van der Waals surface area (Å²) in [5.41, 5.74) is 3.14. The van der Waals surface area contributed by atoms with Crippen LogP contribution in [0.25, 0.3) is 15.9 Å². The number of nitrogens with zero attached hydrogens (tertiary/aromatic N) is 2.